The Morgan fingerprint density at radius 3 is 2.15 bits per heavy atom. The number of nitrogens with one attached hydrogen (secondary N) is 2. The fourth-order valence-electron chi connectivity index (χ4n) is 4.36. The molecule has 0 bridgehead atoms. The fraction of sp³-hybridized carbons (Fsp3) is 0.321. The van der Waals surface area contributed by atoms with E-state index < -0.39 is 27.7 Å². The van der Waals surface area contributed by atoms with Crippen LogP contribution in [0.2, 0.25) is 0 Å². The van der Waals surface area contributed by atoms with Crippen LogP contribution < -0.4 is 14.9 Å². The Labute approximate surface area is 226 Å². The minimum Gasteiger partial charge on any atom is -0.367 e. The monoisotopic (exact) mass is 560 g/mol. The van der Waals surface area contributed by atoms with Gasteiger partial charge in [0.15, 0.2) is 0 Å². The number of hydrogen-bond acceptors (Lipinski definition) is 5. The molecule has 3 aromatic carbocycles. The van der Waals surface area contributed by atoms with Gasteiger partial charge in [-0.3, -0.25) is 9.52 Å². The first-order valence-electron chi connectivity index (χ1n) is 12.6. The molecule has 1 saturated heterocycles. The van der Waals surface area contributed by atoms with Crippen LogP contribution in [0.5, 0.6) is 0 Å². The maximum atomic E-state index is 13.2. The van der Waals surface area contributed by atoms with Crippen LogP contribution in [0.4, 0.5) is 24.5 Å². The molecule has 11 heteroatoms. The minimum atomic E-state index is -4.44. The lowest BCUT2D eigenvalue weighted by Crippen LogP contribution is -2.46. The number of hydrogen-bond donors (Lipinski definition) is 2. The molecule has 3 aromatic rings. The molecule has 0 spiro atoms. The van der Waals surface area contributed by atoms with Crippen molar-refractivity contribution in [3.05, 3.63) is 89.0 Å². The molecule has 0 aromatic heterocycles. The van der Waals surface area contributed by atoms with Crippen molar-refractivity contribution in [1.82, 2.24) is 10.2 Å². The molecule has 7 nitrogen and oxygen atoms in total. The summed E-state index contributed by atoms with van der Waals surface area (Å²) in [5.41, 5.74) is 1.83. The minimum absolute atomic E-state index is 0.0160. The van der Waals surface area contributed by atoms with Crippen LogP contribution >= 0.6 is 0 Å². The number of sulfonamides is 1. The molecule has 208 valence electrons. The summed E-state index contributed by atoms with van der Waals surface area (Å²) in [6.45, 7) is 7.96. The molecule has 0 aliphatic carbocycles. The van der Waals surface area contributed by atoms with Gasteiger partial charge in [-0.2, -0.15) is 13.2 Å². The molecule has 1 fully saturated rings. The third-order valence-corrected chi connectivity index (χ3v) is 8.11. The largest absolute Gasteiger partial charge is 0.416 e. The van der Waals surface area contributed by atoms with E-state index >= 15 is 0 Å². The van der Waals surface area contributed by atoms with Crippen LogP contribution in [0, 0.1) is 6.92 Å². The summed E-state index contributed by atoms with van der Waals surface area (Å²) in [6.07, 6.45) is -4.44. The lowest BCUT2D eigenvalue weighted by Gasteiger charge is -2.36. The van der Waals surface area contributed by atoms with Crippen molar-refractivity contribution in [3.8, 4) is 0 Å². The summed E-state index contributed by atoms with van der Waals surface area (Å²) in [7, 11) is -3.93. The smallest absolute Gasteiger partial charge is 0.367 e. The van der Waals surface area contributed by atoms with E-state index in [1.54, 1.807) is 24.3 Å². The van der Waals surface area contributed by atoms with Gasteiger partial charge in [0.2, 0.25) is 0 Å². The number of alkyl halides is 3. The van der Waals surface area contributed by atoms with Crippen LogP contribution in [0.15, 0.2) is 71.6 Å². The van der Waals surface area contributed by atoms with Crippen molar-refractivity contribution >= 4 is 27.3 Å². The van der Waals surface area contributed by atoms with E-state index in [9.17, 15) is 26.4 Å². The SMILES string of the molecule is CCN1CCN(c2ccc(C(=O)NCc3ccc(C(F)(F)F)cc3)cc2NS(=O)(=O)c2ccc(C)cc2)CC1. The summed E-state index contributed by atoms with van der Waals surface area (Å²) in [6, 6.07) is 15.9. The number of anilines is 2. The second-order valence-electron chi connectivity index (χ2n) is 9.45. The number of rotatable bonds is 8. The molecule has 1 amide bonds. The number of carbonyl (C=O) groups is 1. The normalized spacial score (nSPS) is 14.7. The quantitative estimate of drug-likeness (QED) is 0.410. The van der Waals surface area contributed by atoms with Gasteiger partial charge in [0.25, 0.3) is 15.9 Å². The highest BCUT2D eigenvalue weighted by Gasteiger charge is 2.30. The van der Waals surface area contributed by atoms with Gasteiger partial charge >= 0.3 is 6.18 Å². The zero-order chi connectivity index (χ0) is 28.2. The second-order valence-corrected chi connectivity index (χ2v) is 11.1. The Hall–Kier alpha value is -3.57. The highest BCUT2D eigenvalue weighted by Crippen LogP contribution is 2.31. The van der Waals surface area contributed by atoms with Crippen molar-refractivity contribution in [1.29, 1.82) is 0 Å². The summed E-state index contributed by atoms with van der Waals surface area (Å²) in [5.74, 6) is -0.479. The third kappa shape index (κ3) is 7.10. The van der Waals surface area contributed by atoms with Crippen molar-refractivity contribution < 1.29 is 26.4 Å². The van der Waals surface area contributed by atoms with E-state index in [-0.39, 0.29) is 22.7 Å². The van der Waals surface area contributed by atoms with E-state index in [4.69, 9.17) is 0 Å². The first kappa shape index (κ1) is 28.4. The first-order valence-corrected chi connectivity index (χ1v) is 14.1. The zero-order valence-electron chi connectivity index (χ0n) is 21.8. The van der Waals surface area contributed by atoms with E-state index in [1.165, 1.54) is 30.3 Å². The first-order chi connectivity index (χ1) is 18.5. The maximum absolute atomic E-state index is 13.2. The molecule has 2 N–H and O–H groups in total. The zero-order valence-corrected chi connectivity index (χ0v) is 22.6. The third-order valence-electron chi connectivity index (χ3n) is 6.73. The Kier molecular flexibility index (Phi) is 8.51. The molecule has 1 heterocycles. The van der Waals surface area contributed by atoms with Crippen LogP contribution in [0.3, 0.4) is 0 Å². The standard InChI is InChI=1S/C28H31F3N4O3S/c1-3-34-14-16-35(17-15-34)26-13-8-22(18-25(26)33-39(37,38)24-11-4-20(2)5-12-24)27(36)32-19-21-6-9-23(10-7-21)28(29,30)31/h4-13,18,33H,3,14-17,19H2,1-2H3,(H,32,36). The number of aryl methyl sites for hydroxylation is 1. The molecule has 0 atom stereocenters. The molecular formula is C28H31F3N4O3S. The van der Waals surface area contributed by atoms with Crippen LogP contribution in [0.1, 0.15) is 34.0 Å². The number of carbonyl (C=O) groups excluding carboxylic acids is 1. The lowest BCUT2D eigenvalue weighted by molar-refractivity contribution is -0.137. The summed E-state index contributed by atoms with van der Waals surface area (Å²) >= 11 is 0. The number of likely N-dealkylation sites (N-methyl/N-ethyl adjacent to an activating group) is 1. The molecule has 1 aliphatic rings. The molecule has 0 saturated carbocycles. The summed E-state index contributed by atoms with van der Waals surface area (Å²) in [4.78, 5) is 17.4. The molecule has 0 unspecified atom stereocenters. The predicted molar refractivity (Wildman–Crippen MR) is 145 cm³/mol. The second kappa shape index (κ2) is 11.7. The van der Waals surface area contributed by atoms with Crippen molar-refractivity contribution in [3.63, 3.8) is 0 Å². The molecule has 39 heavy (non-hydrogen) atoms. The van der Waals surface area contributed by atoms with Gasteiger partial charge in [0, 0.05) is 38.3 Å². The average Bonchev–Trinajstić information content (AvgIpc) is 2.91. The van der Waals surface area contributed by atoms with Crippen molar-refractivity contribution in [2.24, 2.45) is 0 Å². The van der Waals surface area contributed by atoms with Crippen LogP contribution in [-0.4, -0.2) is 51.9 Å². The van der Waals surface area contributed by atoms with Gasteiger partial charge in [-0.1, -0.05) is 36.8 Å². The molecule has 4 rings (SSSR count). The Bertz CT molecular complexity index is 1400. The predicted octanol–water partition coefficient (Wildman–Crippen LogP) is 4.89. The maximum Gasteiger partial charge on any atom is 0.416 e. The summed E-state index contributed by atoms with van der Waals surface area (Å²) < 4.78 is 67.5. The number of amides is 1. The van der Waals surface area contributed by atoms with E-state index in [0.717, 1.165) is 37.3 Å². The van der Waals surface area contributed by atoms with E-state index in [2.05, 4.69) is 26.8 Å². The van der Waals surface area contributed by atoms with Gasteiger partial charge < -0.3 is 15.1 Å². The van der Waals surface area contributed by atoms with Crippen LogP contribution in [0.25, 0.3) is 0 Å². The fourth-order valence-corrected chi connectivity index (χ4v) is 5.42. The topological polar surface area (TPSA) is 81.8 Å². The Balaban J connectivity index is 1.56. The Morgan fingerprint density at radius 1 is 0.923 bits per heavy atom. The Morgan fingerprint density at radius 2 is 1.56 bits per heavy atom. The van der Waals surface area contributed by atoms with E-state index in [1.807, 2.05) is 6.92 Å². The number of halogens is 3. The highest BCUT2D eigenvalue weighted by molar-refractivity contribution is 7.92. The van der Waals surface area contributed by atoms with Gasteiger partial charge in [-0.05, 0) is 61.5 Å². The van der Waals surface area contributed by atoms with Crippen molar-refractivity contribution in [2.75, 3.05) is 42.3 Å². The number of nitrogens with zero attached hydrogens (tertiary/aromatic N) is 2. The van der Waals surface area contributed by atoms with Gasteiger partial charge in [0.1, 0.15) is 0 Å². The highest BCUT2D eigenvalue weighted by atomic mass is 32.2. The molecular weight excluding hydrogens is 529 g/mol. The molecule has 0 radical (unpaired) electrons. The van der Waals surface area contributed by atoms with Crippen molar-refractivity contribution in [2.45, 2.75) is 31.5 Å². The lowest BCUT2D eigenvalue weighted by atomic mass is 10.1. The average molecular weight is 561 g/mol. The molecule has 1 aliphatic heterocycles. The number of piperazine rings is 1. The van der Waals surface area contributed by atoms with Gasteiger partial charge in [0.05, 0.1) is 21.8 Å². The van der Waals surface area contributed by atoms with Gasteiger partial charge in [-0.25, -0.2) is 8.42 Å². The summed E-state index contributed by atoms with van der Waals surface area (Å²) in [5, 5.41) is 2.70. The van der Waals surface area contributed by atoms with E-state index in [0.29, 0.717) is 24.3 Å². The number of benzene rings is 3. The van der Waals surface area contributed by atoms with Gasteiger partial charge in [-0.15, -0.1) is 0 Å². The van der Waals surface area contributed by atoms with Crippen LogP contribution in [-0.2, 0) is 22.7 Å².